The molecule has 2 fully saturated rings. The van der Waals surface area contributed by atoms with Crippen molar-refractivity contribution in [1.82, 2.24) is 4.90 Å². The summed E-state index contributed by atoms with van der Waals surface area (Å²) >= 11 is 0. The molecule has 94 valence electrons. The van der Waals surface area contributed by atoms with Crippen LogP contribution in [-0.4, -0.2) is 43.8 Å². The summed E-state index contributed by atoms with van der Waals surface area (Å²) in [6, 6.07) is 0. The second kappa shape index (κ2) is 5.03. The molecule has 1 aliphatic heterocycles. The zero-order valence-electron chi connectivity index (χ0n) is 10.7. The SMILES string of the molecule is CCC(CN)(C1CC1)N1CCC(COC)C1. The Kier molecular flexibility index (Phi) is 3.88. The first-order valence-electron chi connectivity index (χ1n) is 6.71. The third-order valence-electron chi connectivity index (χ3n) is 4.62. The molecule has 2 N–H and O–H groups in total. The van der Waals surface area contributed by atoms with E-state index >= 15 is 0 Å². The highest BCUT2D eigenvalue weighted by Gasteiger charge is 2.48. The Bertz CT molecular complexity index is 224. The van der Waals surface area contributed by atoms with E-state index in [1.807, 2.05) is 0 Å². The Morgan fingerprint density at radius 1 is 1.38 bits per heavy atom. The van der Waals surface area contributed by atoms with Gasteiger partial charge in [0.15, 0.2) is 0 Å². The number of nitrogens with two attached hydrogens (primary N) is 1. The van der Waals surface area contributed by atoms with E-state index in [0.717, 1.165) is 25.0 Å². The molecule has 2 rings (SSSR count). The number of methoxy groups -OCH3 is 1. The molecule has 3 heteroatoms. The molecule has 0 radical (unpaired) electrons. The summed E-state index contributed by atoms with van der Waals surface area (Å²) in [6.07, 6.45) is 5.25. The lowest BCUT2D eigenvalue weighted by molar-refractivity contribution is 0.0808. The van der Waals surface area contributed by atoms with Gasteiger partial charge in [0.05, 0.1) is 6.61 Å². The van der Waals surface area contributed by atoms with Crippen molar-refractivity contribution in [3.8, 4) is 0 Å². The van der Waals surface area contributed by atoms with Gasteiger partial charge in [0.2, 0.25) is 0 Å². The van der Waals surface area contributed by atoms with Gasteiger partial charge in [-0.2, -0.15) is 0 Å². The monoisotopic (exact) mass is 226 g/mol. The molecular weight excluding hydrogens is 200 g/mol. The van der Waals surface area contributed by atoms with E-state index in [1.54, 1.807) is 7.11 Å². The highest BCUT2D eigenvalue weighted by Crippen LogP contribution is 2.46. The fourth-order valence-corrected chi connectivity index (χ4v) is 3.44. The number of likely N-dealkylation sites (tertiary alicyclic amines) is 1. The van der Waals surface area contributed by atoms with Crippen LogP contribution < -0.4 is 5.73 Å². The van der Waals surface area contributed by atoms with Gasteiger partial charge < -0.3 is 10.5 Å². The highest BCUT2D eigenvalue weighted by molar-refractivity contribution is 5.04. The van der Waals surface area contributed by atoms with E-state index in [1.165, 1.54) is 38.8 Å². The molecule has 1 heterocycles. The lowest BCUT2D eigenvalue weighted by atomic mass is 9.88. The first-order chi connectivity index (χ1) is 7.76. The van der Waals surface area contributed by atoms with Gasteiger partial charge in [-0.05, 0) is 44.1 Å². The predicted octanol–water partition coefficient (Wildman–Crippen LogP) is 1.47. The Hall–Kier alpha value is -0.120. The summed E-state index contributed by atoms with van der Waals surface area (Å²) in [5.74, 6) is 1.59. The summed E-state index contributed by atoms with van der Waals surface area (Å²) in [4.78, 5) is 2.66. The molecule has 0 spiro atoms. The van der Waals surface area contributed by atoms with Crippen molar-refractivity contribution in [2.24, 2.45) is 17.6 Å². The number of hydrogen-bond donors (Lipinski definition) is 1. The number of rotatable bonds is 6. The Labute approximate surface area is 99.3 Å². The standard InChI is InChI=1S/C13H26N2O/c1-3-13(10-14,12-4-5-12)15-7-6-11(8-15)9-16-2/h11-12H,3-10,14H2,1-2H3. The van der Waals surface area contributed by atoms with E-state index in [0.29, 0.717) is 5.54 Å². The average molecular weight is 226 g/mol. The Balaban J connectivity index is 1.99. The molecule has 0 aromatic rings. The predicted molar refractivity (Wildman–Crippen MR) is 66.4 cm³/mol. The van der Waals surface area contributed by atoms with Crippen LogP contribution in [0.5, 0.6) is 0 Å². The van der Waals surface area contributed by atoms with Gasteiger partial charge in [0.25, 0.3) is 0 Å². The summed E-state index contributed by atoms with van der Waals surface area (Å²) in [6.45, 7) is 6.44. The molecule has 1 saturated heterocycles. The average Bonchev–Trinajstić information content (AvgIpc) is 3.04. The Morgan fingerprint density at radius 3 is 2.62 bits per heavy atom. The van der Waals surface area contributed by atoms with E-state index in [-0.39, 0.29) is 0 Å². The minimum absolute atomic E-state index is 0.308. The molecule has 16 heavy (non-hydrogen) atoms. The van der Waals surface area contributed by atoms with Crippen LogP contribution in [0, 0.1) is 11.8 Å². The molecule has 2 atom stereocenters. The third-order valence-corrected chi connectivity index (χ3v) is 4.62. The van der Waals surface area contributed by atoms with Gasteiger partial charge >= 0.3 is 0 Å². The van der Waals surface area contributed by atoms with E-state index < -0.39 is 0 Å². The maximum Gasteiger partial charge on any atom is 0.0503 e. The molecular formula is C13H26N2O. The van der Waals surface area contributed by atoms with Crippen LogP contribution >= 0.6 is 0 Å². The first kappa shape index (κ1) is 12.3. The largest absolute Gasteiger partial charge is 0.384 e. The zero-order valence-corrected chi connectivity index (χ0v) is 10.7. The minimum Gasteiger partial charge on any atom is -0.384 e. The van der Waals surface area contributed by atoms with Crippen molar-refractivity contribution >= 4 is 0 Å². The van der Waals surface area contributed by atoms with Gasteiger partial charge in [0, 0.05) is 25.7 Å². The Morgan fingerprint density at radius 2 is 2.12 bits per heavy atom. The van der Waals surface area contributed by atoms with Gasteiger partial charge in [-0.1, -0.05) is 6.92 Å². The normalized spacial score (nSPS) is 30.6. The molecule has 1 aliphatic carbocycles. The maximum absolute atomic E-state index is 6.09. The van der Waals surface area contributed by atoms with Crippen molar-refractivity contribution in [1.29, 1.82) is 0 Å². The van der Waals surface area contributed by atoms with E-state index in [2.05, 4.69) is 11.8 Å². The zero-order chi connectivity index (χ0) is 11.6. The van der Waals surface area contributed by atoms with Crippen molar-refractivity contribution in [2.45, 2.75) is 38.1 Å². The highest BCUT2D eigenvalue weighted by atomic mass is 16.5. The summed E-state index contributed by atoms with van der Waals surface area (Å²) in [5.41, 5.74) is 6.39. The van der Waals surface area contributed by atoms with Crippen molar-refractivity contribution in [3.05, 3.63) is 0 Å². The fourth-order valence-electron chi connectivity index (χ4n) is 3.44. The molecule has 0 aromatic heterocycles. The van der Waals surface area contributed by atoms with Crippen LogP contribution in [0.1, 0.15) is 32.6 Å². The van der Waals surface area contributed by atoms with Gasteiger partial charge in [0.1, 0.15) is 0 Å². The van der Waals surface area contributed by atoms with Gasteiger partial charge in [-0.25, -0.2) is 0 Å². The number of nitrogens with zero attached hydrogens (tertiary/aromatic N) is 1. The lowest BCUT2D eigenvalue weighted by Gasteiger charge is -2.41. The topological polar surface area (TPSA) is 38.5 Å². The third kappa shape index (κ3) is 2.13. The van der Waals surface area contributed by atoms with Gasteiger partial charge in [-0.3, -0.25) is 4.90 Å². The van der Waals surface area contributed by atoms with Crippen molar-refractivity contribution in [2.75, 3.05) is 33.4 Å². The van der Waals surface area contributed by atoms with E-state index in [4.69, 9.17) is 10.5 Å². The van der Waals surface area contributed by atoms with Crippen LogP contribution in [0.2, 0.25) is 0 Å². The van der Waals surface area contributed by atoms with Gasteiger partial charge in [-0.15, -0.1) is 0 Å². The number of ether oxygens (including phenoxy) is 1. The summed E-state index contributed by atoms with van der Waals surface area (Å²) < 4.78 is 5.27. The lowest BCUT2D eigenvalue weighted by Crippen LogP contribution is -2.54. The van der Waals surface area contributed by atoms with Crippen LogP contribution in [0.15, 0.2) is 0 Å². The quantitative estimate of drug-likeness (QED) is 0.745. The molecule has 1 saturated carbocycles. The number of hydrogen-bond acceptors (Lipinski definition) is 3. The molecule has 2 aliphatic rings. The van der Waals surface area contributed by atoms with Crippen LogP contribution in [-0.2, 0) is 4.74 Å². The molecule has 2 unspecified atom stereocenters. The molecule has 3 nitrogen and oxygen atoms in total. The summed E-state index contributed by atoms with van der Waals surface area (Å²) in [7, 11) is 1.81. The summed E-state index contributed by atoms with van der Waals surface area (Å²) in [5, 5.41) is 0. The second-order valence-corrected chi connectivity index (χ2v) is 5.49. The van der Waals surface area contributed by atoms with E-state index in [9.17, 15) is 0 Å². The second-order valence-electron chi connectivity index (χ2n) is 5.49. The van der Waals surface area contributed by atoms with Crippen LogP contribution in [0.3, 0.4) is 0 Å². The van der Waals surface area contributed by atoms with Crippen molar-refractivity contribution in [3.63, 3.8) is 0 Å². The van der Waals surface area contributed by atoms with Crippen LogP contribution in [0.4, 0.5) is 0 Å². The van der Waals surface area contributed by atoms with Crippen LogP contribution in [0.25, 0.3) is 0 Å². The first-order valence-corrected chi connectivity index (χ1v) is 6.71. The molecule has 0 aromatic carbocycles. The maximum atomic E-state index is 6.09. The molecule has 0 amide bonds. The smallest absolute Gasteiger partial charge is 0.0503 e. The molecule has 0 bridgehead atoms. The fraction of sp³-hybridized carbons (Fsp3) is 1.00. The van der Waals surface area contributed by atoms with Crippen molar-refractivity contribution < 1.29 is 4.74 Å². The minimum atomic E-state index is 0.308.